The molecule has 2 aromatic rings. The molecule has 21 heavy (non-hydrogen) atoms. The van der Waals surface area contributed by atoms with Gasteiger partial charge in [-0.2, -0.15) is 0 Å². The number of benzene rings is 1. The smallest absolute Gasteiger partial charge is 0.263 e. The number of sulfonamides is 1. The van der Waals surface area contributed by atoms with E-state index in [1.165, 1.54) is 17.4 Å². The fourth-order valence-electron chi connectivity index (χ4n) is 1.69. The first-order chi connectivity index (χ1) is 9.74. The molecule has 0 amide bonds. The highest BCUT2D eigenvalue weighted by Crippen LogP contribution is 2.31. The van der Waals surface area contributed by atoms with Gasteiger partial charge in [-0.15, -0.1) is 11.3 Å². The topological polar surface area (TPSA) is 66.4 Å². The summed E-state index contributed by atoms with van der Waals surface area (Å²) in [6.45, 7) is 1.39. The second-order valence-electron chi connectivity index (χ2n) is 4.15. The predicted octanol–water partition coefficient (Wildman–Crippen LogP) is 3.80. The number of hydrogen-bond acceptors (Lipinski definition) is 4. The van der Waals surface area contributed by atoms with E-state index in [-0.39, 0.29) is 27.2 Å². The van der Waals surface area contributed by atoms with Crippen LogP contribution >= 0.6 is 34.5 Å². The number of aliphatic hydroxyl groups excluding tert-OH is 1. The maximum Gasteiger partial charge on any atom is 0.263 e. The van der Waals surface area contributed by atoms with Crippen molar-refractivity contribution in [3.8, 4) is 0 Å². The monoisotopic (exact) mass is 369 g/mol. The van der Waals surface area contributed by atoms with E-state index in [4.69, 9.17) is 28.3 Å². The minimum atomic E-state index is -3.87. The summed E-state index contributed by atoms with van der Waals surface area (Å²) >= 11 is 12.4. The van der Waals surface area contributed by atoms with E-state index in [0.29, 0.717) is 9.75 Å². The molecular weight excluding hydrogens is 360 g/mol. The van der Waals surface area contributed by atoms with Crippen molar-refractivity contribution >= 4 is 50.2 Å². The zero-order chi connectivity index (χ0) is 15.8. The quantitative estimate of drug-likeness (QED) is 0.805. The first-order valence-electron chi connectivity index (χ1n) is 5.62. The molecular formula is C12H10Cl2FNO3S2. The number of thiophene rings is 1. The number of aliphatic hydroxyl groups is 1. The molecule has 0 bridgehead atoms. The lowest BCUT2D eigenvalue weighted by Crippen LogP contribution is -2.13. The van der Waals surface area contributed by atoms with Gasteiger partial charge in [-0.3, -0.25) is 4.72 Å². The number of halogens is 3. The van der Waals surface area contributed by atoms with E-state index in [9.17, 15) is 12.8 Å². The molecule has 0 fully saturated rings. The maximum atomic E-state index is 13.3. The third-order valence-corrected chi connectivity index (χ3v) is 5.83. The van der Waals surface area contributed by atoms with Crippen LogP contribution in [0, 0.1) is 12.7 Å². The van der Waals surface area contributed by atoms with Gasteiger partial charge in [0, 0.05) is 9.75 Å². The number of rotatable bonds is 4. The highest BCUT2D eigenvalue weighted by molar-refractivity contribution is 7.93. The van der Waals surface area contributed by atoms with Gasteiger partial charge in [0.25, 0.3) is 10.0 Å². The van der Waals surface area contributed by atoms with Crippen LogP contribution in [0.25, 0.3) is 0 Å². The van der Waals surface area contributed by atoms with Gasteiger partial charge in [-0.25, -0.2) is 12.8 Å². The van der Waals surface area contributed by atoms with E-state index < -0.39 is 15.8 Å². The van der Waals surface area contributed by atoms with Gasteiger partial charge in [0.05, 0.1) is 22.3 Å². The molecule has 2 N–H and O–H groups in total. The number of anilines is 1. The molecule has 0 radical (unpaired) electrons. The zero-order valence-electron chi connectivity index (χ0n) is 10.7. The summed E-state index contributed by atoms with van der Waals surface area (Å²) in [5, 5.41) is 8.49. The van der Waals surface area contributed by atoms with Crippen molar-refractivity contribution < 1.29 is 17.9 Å². The number of nitrogens with one attached hydrogen (secondary N) is 1. The normalized spacial score (nSPS) is 11.7. The van der Waals surface area contributed by atoms with Crippen LogP contribution in [-0.2, 0) is 16.6 Å². The number of aryl methyl sites for hydroxylation is 1. The van der Waals surface area contributed by atoms with E-state index >= 15 is 0 Å². The Bertz CT molecular complexity index is 767. The van der Waals surface area contributed by atoms with E-state index in [0.717, 1.165) is 12.1 Å². The molecule has 1 aromatic heterocycles. The average molecular weight is 370 g/mol. The Balaban J connectivity index is 2.39. The van der Waals surface area contributed by atoms with Gasteiger partial charge in [-0.1, -0.05) is 23.2 Å². The minimum absolute atomic E-state index is 0.0492. The van der Waals surface area contributed by atoms with E-state index in [1.54, 1.807) is 6.92 Å². The summed E-state index contributed by atoms with van der Waals surface area (Å²) in [4.78, 5) is 1.11. The van der Waals surface area contributed by atoms with E-state index in [2.05, 4.69) is 4.72 Å². The summed E-state index contributed by atoms with van der Waals surface area (Å²) in [7, 11) is -3.87. The lowest BCUT2D eigenvalue weighted by atomic mass is 10.3. The Hall–Kier alpha value is -0.860. The summed E-state index contributed by atoms with van der Waals surface area (Å²) in [6.07, 6.45) is 0. The van der Waals surface area contributed by atoms with Crippen molar-refractivity contribution in [2.45, 2.75) is 18.4 Å². The fourth-order valence-corrected chi connectivity index (χ4v) is 4.72. The standard InChI is InChI=1S/C12H10Cl2FNO3S2/c1-6-11(4-8(5-17)20-6)21(18,19)16-7-2-9(13)12(15)10(14)3-7/h2-4,16-17H,5H2,1H3. The Morgan fingerprint density at radius 1 is 1.29 bits per heavy atom. The number of hydrogen-bond donors (Lipinski definition) is 2. The molecule has 0 aliphatic rings. The van der Waals surface area contributed by atoms with Crippen LogP contribution in [0.5, 0.6) is 0 Å². The predicted molar refractivity (Wildman–Crippen MR) is 82.2 cm³/mol. The molecule has 0 atom stereocenters. The average Bonchev–Trinajstić information content (AvgIpc) is 2.77. The Labute approximate surface area is 135 Å². The van der Waals surface area contributed by atoms with Crippen LogP contribution in [0.2, 0.25) is 10.0 Å². The molecule has 2 rings (SSSR count). The van der Waals surface area contributed by atoms with Crippen molar-refractivity contribution in [1.29, 1.82) is 0 Å². The molecule has 114 valence electrons. The van der Waals surface area contributed by atoms with Crippen LogP contribution in [0.4, 0.5) is 10.1 Å². The lowest BCUT2D eigenvalue weighted by Gasteiger charge is -2.09. The highest BCUT2D eigenvalue weighted by Gasteiger charge is 2.21. The molecule has 0 unspecified atom stereocenters. The zero-order valence-corrected chi connectivity index (χ0v) is 13.8. The summed E-state index contributed by atoms with van der Waals surface area (Å²) in [6, 6.07) is 3.65. The van der Waals surface area contributed by atoms with Gasteiger partial charge in [0.2, 0.25) is 0 Å². The van der Waals surface area contributed by atoms with Crippen LogP contribution in [0.1, 0.15) is 9.75 Å². The van der Waals surface area contributed by atoms with Crippen molar-refractivity contribution in [2.24, 2.45) is 0 Å². The molecule has 0 aliphatic heterocycles. The molecule has 9 heteroatoms. The van der Waals surface area contributed by atoms with Gasteiger partial charge >= 0.3 is 0 Å². The molecule has 0 spiro atoms. The van der Waals surface area contributed by atoms with Gasteiger partial charge < -0.3 is 5.11 Å². The molecule has 1 aromatic carbocycles. The maximum absolute atomic E-state index is 13.3. The van der Waals surface area contributed by atoms with Gasteiger partial charge in [-0.05, 0) is 25.1 Å². The molecule has 1 heterocycles. The van der Waals surface area contributed by atoms with Crippen molar-refractivity contribution in [3.05, 3.63) is 43.8 Å². The first-order valence-corrected chi connectivity index (χ1v) is 8.67. The SMILES string of the molecule is Cc1sc(CO)cc1S(=O)(=O)Nc1cc(Cl)c(F)c(Cl)c1. The van der Waals surface area contributed by atoms with Crippen molar-refractivity contribution in [3.63, 3.8) is 0 Å². The molecule has 0 saturated carbocycles. The van der Waals surface area contributed by atoms with Crippen LogP contribution in [0.3, 0.4) is 0 Å². The Morgan fingerprint density at radius 3 is 2.33 bits per heavy atom. The summed E-state index contributed by atoms with van der Waals surface area (Å²) in [5.74, 6) is -0.810. The summed E-state index contributed by atoms with van der Waals surface area (Å²) < 4.78 is 40.2. The third kappa shape index (κ3) is 3.49. The van der Waals surface area contributed by atoms with Gasteiger partial charge in [0.15, 0.2) is 5.82 Å². The lowest BCUT2D eigenvalue weighted by molar-refractivity contribution is 0.285. The van der Waals surface area contributed by atoms with Crippen LogP contribution in [0.15, 0.2) is 23.1 Å². The Kier molecular flexibility index (Phi) is 4.79. The fraction of sp³-hybridized carbons (Fsp3) is 0.167. The Morgan fingerprint density at radius 2 is 1.86 bits per heavy atom. The molecule has 0 aliphatic carbocycles. The first kappa shape index (κ1) is 16.5. The molecule has 0 saturated heterocycles. The second kappa shape index (κ2) is 6.10. The summed E-state index contributed by atoms with van der Waals surface area (Å²) in [5.41, 5.74) is 0.0579. The third-order valence-electron chi connectivity index (χ3n) is 2.60. The van der Waals surface area contributed by atoms with E-state index in [1.807, 2.05) is 0 Å². The van der Waals surface area contributed by atoms with Crippen LogP contribution in [-0.4, -0.2) is 13.5 Å². The highest BCUT2D eigenvalue weighted by atomic mass is 35.5. The van der Waals surface area contributed by atoms with Crippen molar-refractivity contribution in [2.75, 3.05) is 4.72 Å². The van der Waals surface area contributed by atoms with Crippen LogP contribution < -0.4 is 4.72 Å². The second-order valence-corrected chi connectivity index (χ2v) is 7.96. The van der Waals surface area contributed by atoms with Crippen molar-refractivity contribution in [1.82, 2.24) is 0 Å². The largest absolute Gasteiger partial charge is 0.391 e. The molecule has 4 nitrogen and oxygen atoms in total. The van der Waals surface area contributed by atoms with Gasteiger partial charge in [0.1, 0.15) is 4.90 Å². The minimum Gasteiger partial charge on any atom is -0.391 e.